The van der Waals surface area contributed by atoms with Gasteiger partial charge >= 0.3 is 5.97 Å². The number of nitrogens with zero attached hydrogens (tertiary/aromatic N) is 1. The van der Waals surface area contributed by atoms with Crippen molar-refractivity contribution in [3.63, 3.8) is 0 Å². The van der Waals surface area contributed by atoms with E-state index in [0.717, 1.165) is 12.2 Å². The van der Waals surface area contributed by atoms with Crippen LogP contribution in [0.5, 0.6) is 0 Å². The summed E-state index contributed by atoms with van der Waals surface area (Å²) >= 11 is 1.91. The van der Waals surface area contributed by atoms with Crippen LogP contribution in [0.4, 0.5) is 5.69 Å². The Hall–Kier alpha value is -1.23. The molecule has 0 amide bonds. The Balaban J connectivity index is 2.10. The lowest BCUT2D eigenvalue weighted by atomic mass is 10.1. The van der Waals surface area contributed by atoms with Gasteiger partial charge in [-0.15, -0.1) is 0 Å². The number of aromatic nitrogens is 1. The molecule has 0 radical (unpaired) electrons. The summed E-state index contributed by atoms with van der Waals surface area (Å²) in [6.07, 6.45) is 5.37. The van der Waals surface area contributed by atoms with Crippen molar-refractivity contribution in [2.45, 2.75) is 18.9 Å². The fourth-order valence-corrected chi connectivity index (χ4v) is 2.84. The fourth-order valence-electron chi connectivity index (χ4n) is 1.77. The SMILES string of the molecule is O=C(O)c1ccncc1NC1CCCSC1. The molecule has 4 nitrogen and oxygen atoms in total. The van der Waals surface area contributed by atoms with Crippen LogP contribution in [0.2, 0.25) is 0 Å². The Labute approximate surface area is 98.5 Å². The van der Waals surface area contributed by atoms with Crippen LogP contribution in [0, 0.1) is 0 Å². The van der Waals surface area contributed by atoms with E-state index in [1.165, 1.54) is 24.4 Å². The van der Waals surface area contributed by atoms with Crippen molar-refractivity contribution in [1.29, 1.82) is 0 Å². The average molecular weight is 238 g/mol. The first-order chi connectivity index (χ1) is 7.77. The minimum atomic E-state index is -0.909. The number of nitrogens with one attached hydrogen (secondary N) is 1. The van der Waals surface area contributed by atoms with E-state index < -0.39 is 5.97 Å². The lowest BCUT2D eigenvalue weighted by Gasteiger charge is -2.23. The first-order valence-electron chi connectivity index (χ1n) is 5.29. The van der Waals surface area contributed by atoms with Crippen molar-refractivity contribution < 1.29 is 9.90 Å². The quantitative estimate of drug-likeness (QED) is 0.844. The van der Waals surface area contributed by atoms with Crippen LogP contribution in [0.15, 0.2) is 18.5 Å². The summed E-state index contributed by atoms with van der Waals surface area (Å²) in [5.74, 6) is 1.33. The number of hydrogen-bond acceptors (Lipinski definition) is 4. The summed E-state index contributed by atoms with van der Waals surface area (Å²) in [6, 6.07) is 1.89. The van der Waals surface area contributed by atoms with Gasteiger partial charge in [-0.25, -0.2) is 4.79 Å². The summed E-state index contributed by atoms with van der Waals surface area (Å²) < 4.78 is 0. The molecule has 86 valence electrons. The molecule has 16 heavy (non-hydrogen) atoms. The predicted molar refractivity (Wildman–Crippen MR) is 65.2 cm³/mol. The van der Waals surface area contributed by atoms with Crippen LogP contribution in [0.3, 0.4) is 0 Å². The molecule has 0 bridgehead atoms. The van der Waals surface area contributed by atoms with Crippen LogP contribution in [0.25, 0.3) is 0 Å². The maximum absolute atomic E-state index is 11.0. The van der Waals surface area contributed by atoms with Gasteiger partial charge in [-0.1, -0.05) is 0 Å². The van der Waals surface area contributed by atoms with E-state index in [9.17, 15) is 4.79 Å². The van der Waals surface area contributed by atoms with Gasteiger partial charge in [-0.2, -0.15) is 11.8 Å². The van der Waals surface area contributed by atoms with E-state index in [4.69, 9.17) is 5.11 Å². The number of hydrogen-bond donors (Lipinski definition) is 2. The molecule has 5 heteroatoms. The van der Waals surface area contributed by atoms with Gasteiger partial charge in [0.05, 0.1) is 17.4 Å². The van der Waals surface area contributed by atoms with Crippen LogP contribution in [-0.2, 0) is 0 Å². The summed E-state index contributed by atoms with van der Waals surface area (Å²) in [5.41, 5.74) is 0.924. The number of pyridine rings is 1. The summed E-state index contributed by atoms with van der Waals surface area (Å²) in [6.45, 7) is 0. The maximum atomic E-state index is 11.0. The number of carbonyl (C=O) groups is 1. The molecule has 1 aliphatic rings. The highest BCUT2D eigenvalue weighted by Gasteiger charge is 2.16. The maximum Gasteiger partial charge on any atom is 0.337 e. The van der Waals surface area contributed by atoms with Crippen molar-refractivity contribution in [2.24, 2.45) is 0 Å². The van der Waals surface area contributed by atoms with E-state index in [1.54, 1.807) is 6.20 Å². The van der Waals surface area contributed by atoms with E-state index in [2.05, 4.69) is 10.3 Å². The van der Waals surface area contributed by atoms with Gasteiger partial charge in [0.25, 0.3) is 0 Å². The number of anilines is 1. The minimum absolute atomic E-state index is 0.297. The number of carboxylic acids is 1. The Morgan fingerprint density at radius 1 is 1.62 bits per heavy atom. The average Bonchev–Trinajstić information content (AvgIpc) is 2.31. The molecule has 1 aliphatic heterocycles. The molecule has 0 saturated carbocycles. The van der Waals surface area contributed by atoms with Gasteiger partial charge < -0.3 is 10.4 Å². The smallest absolute Gasteiger partial charge is 0.337 e. The van der Waals surface area contributed by atoms with E-state index >= 15 is 0 Å². The van der Waals surface area contributed by atoms with E-state index in [0.29, 0.717) is 17.3 Å². The zero-order valence-corrected chi connectivity index (χ0v) is 9.67. The van der Waals surface area contributed by atoms with Crippen molar-refractivity contribution >= 4 is 23.4 Å². The minimum Gasteiger partial charge on any atom is -0.478 e. The first-order valence-corrected chi connectivity index (χ1v) is 6.44. The molecule has 1 saturated heterocycles. The summed E-state index contributed by atoms with van der Waals surface area (Å²) in [5, 5.41) is 12.3. The van der Waals surface area contributed by atoms with E-state index in [1.807, 2.05) is 11.8 Å². The van der Waals surface area contributed by atoms with Crippen molar-refractivity contribution in [3.8, 4) is 0 Å². The van der Waals surface area contributed by atoms with Gasteiger partial charge in [-0.3, -0.25) is 4.98 Å². The molecule has 2 N–H and O–H groups in total. The van der Waals surface area contributed by atoms with Gasteiger partial charge in [0.15, 0.2) is 0 Å². The van der Waals surface area contributed by atoms with Crippen molar-refractivity contribution in [3.05, 3.63) is 24.0 Å². The summed E-state index contributed by atoms with van der Waals surface area (Å²) in [4.78, 5) is 15.0. The van der Waals surface area contributed by atoms with Gasteiger partial charge in [0.2, 0.25) is 0 Å². The molecule has 0 aliphatic carbocycles. The normalized spacial score (nSPS) is 20.4. The van der Waals surface area contributed by atoms with Gasteiger partial charge in [0, 0.05) is 18.0 Å². The Kier molecular flexibility index (Phi) is 3.66. The second-order valence-electron chi connectivity index (χ2n) is 3.78. The standard InChI is InChI=1S/C11H14N2O2S/c14-11(15)9-3-4-12-6-10(9)13-8-2-1-5-16-7-8/h3-4,6,8,13H,1-2,5,7H2,(H,14,15). The molecule has 1 fully saturated rings. The third-order valence-corrected chi connectivity index (χ3v) is 3.79. The molecule has 1 atom stereocenters. The number of thioether (sulfide) groups is 1. The fraction of sp³-hybridized carbons (Fsp3) is 0.455. The third-order valence-electron chi connectivity index (χ3n) is 2.57. The zero-order chi connectivity index (χ0) is 11.4. The highest BCUT2D eigenvalue weighted by molar-refractivity contribution is 7.99. The molecule has 2 heterocycles. The molecule has 1 aromatic rings. The summed E-state index contributed by atoms with van der Waals surface area (Å²) in [7, 11) is 0. The Bertz CT molecular complexity index is 378. The van der Waals surface area contributed by atoms with Crippen molar-refractivity contribution in [2.75, 3.05) is 16.8 Å². The second kappa shape index (κ2) is 5.21. The van der Waals surface area contributed by atoms with E-state index in [-0.39, 0.29) is 0 Å². The molecular formula is C11H14N2O2S. The molecule has 0 spiro atoms. The number of rotatable bonds is 3. The largest absolute Gasteiger partial charge is 0.478 e. The first kappa shape index (κ1) is 11.3. The Morgan fingerprint density at radius 2 is 2.50 bits per heavy atom. The molecule has 0 aromatic carbocycles. The zero-order valence-electron chi connectivity index (χ0n) is 8.85. The Morgan fingerprint density at radius 3 is 3.19 bits per heavy atom. The van der Waals surface area contributed by atoms with Crippen LogP contribution in [0.1, 0.15) is 23.2 Å². The highest BCUT2D eigenvalue weighted by atomic mass is 32.2. The van der Waals surface area contributed by atoms with Crippen molar-refractivity contribution in [1.82, 2.24) is 4.98 Å². The predicted octanol–water partition coefficient (Wildman–Crippen LogP) is 2.09. The molecule has 1 aromatic heterocycles. The number of aromatic carboxylic acids is 1. The second-order valence-corrected chi connectivity index (χ2v) is 4.93. The molecule has 1 unspecified atom stereocenters. The van der Waals surface area contributed by atoms with Gasteiger partial charge in [-0.05, 0) is 24.7 Å². The molecule has 2 rings (SSSR count). The monoisotopic (exact) mass is 238 g/mol. The lowest BCUT2D eigenvalue weighted by molar-refractivity contribution is 0.0698. The molecular weight excluding hydrogens is 224 g/mol. The van der Waals surface area contributed by atoms with Gasteiger partial charge in [0.1, 0.15) is 0 Å². The third kappa shape index (κ3) is 2.66. The number of carboxylic acid groups (broad SMARTS) is 1. The lowest BCUT2D eigenvalue weighted by Crippen LogP contribution is -2.26. The van der Waals surface area contributed by atoms with Crippen LogP contribution in [-0.4, -0.2) is 33.6 Å². The van der Waals surface area contributed by atoms with Crippen LogP contribution < -0.4 is 5.32 Å². The topological polar surface area (TPSA) is 62.2 Å². The highest BCUT2D eigenvalue weighted by Crippen LogP contribution is 2.22. The van der Waals surface area contributed by atoms with Crippen LogP contribution >= 0.6 is 11.8 Å².